The Morgan fingerprint density at radius 1 is 1.26 bits per heavy atom. The van der Waals surface area contributed by atoms with E-state index in [2.05, 4.69) is 27.6 Å². The van der Waals surface area contributed by atoms with Gasteiger partial charge in [-0.2, -0.15) is 5.10 Å². The molecule has 0 unspecified atom stereocenters. The third-order valence-corrected chi connectivity index (χ3v) is 3.22. The number of aromatic nitrogens is 2. The fourth-order valence-electron chi connectivity index (χ4n) is 2.05. The Kier molecular flexibility index (Phi) is 4.58. The Bertz CT molecular complexity index is 514. The van der Waals surface area contributed by atoms with Crippen molar-refractivity contribution in [2.75, 3.05) is 11.9 Å². The lowest BCUT2D eigenvalue weighted by molar-refractivity contribution is 0.134. The first kappa shape index (κ1) is 13.6. The quantitative estimate of drug-likeness (QED) is 0.837. The van der Waals surface area contributed by atoms with Crippen LogP contribution in [0.1, 0.15) is 29.4 Å². The number of anilines is 1. The van der Waals surface area contributed by atoms with Crippen LogP contribution in [0, 0.1) is 13.8 Å². The molecule has 0 amide bonds. The van der Waals surface area contributed by atoms with Crippen molar-refractivity contribution in [3.05, 3.63) is 46.8 Å². The van der Waals surface area contributed by atoms with Crippen molar-refractivity contribution in [3.8, 4) is 0 Å². The van der Waals surface area contributed by atoms with Crippen LogP contribution in [0.2, 0.25) is 0 Å². The SMILES string of the molecule is CCOCc1ccccc1NCc1c(C)n[nH]c1C. The zero-order chi connectivity index (χ0) is 13.7. The molecule has 0 fully saturated rings. The molecule has 2 rings (SSSR count). The summed E-state index contributed by atoms with van der Waals surface area (Å²) in [5, 5.41) is 10.7. The van der Waals surface area contributed by atoms with Gasteiger partial charge >= 0.3 is 0 Å². The predicted molar refractivity (Wildman–Crippen MR) is 77.2 cm³/mol. The summed E-state index contributed by atoms with van der Waals surface area (Å²) in [5.41, 5.74) is 5.70. The van der Waals surface area contributed by atoms with E-state index in [0.29, 0.717) is 6.61 Å². The fraction of sp³-hybridized carbons (Fsp3) is 0.400. The molecule has 102 valence electrons. The zero-order valence-corrected chi connectivity index (χ0v) is 11.8. The van der Waals surface area contributed by atoms with E-state index in [1.54, 1.807) is 0 Å². The highest BCUT2D eigenvalue weighted by Gasteiger charge is 2.07. The number of para-hydroxylation sites is 1. The van der Waals surface area contributed by atoms with Crippen LogP contribution < -0.4 is 5.32 Å². The molecule has 0 spiro atoms. The minimum absolute atomic E-state index is 0.642. The van der Waals surface area contributed by atoms with Crippen molar-refractivity contribution in [1.29, 1.82) is 0 Å². The second kappa shape index (κ2) is 6.38. The van der Waals surface area contributed by atoms with Crippen molar-refractivity contribution < 1.29 is 4.74 Å². The molecular formula is C15H21N3O. The van der Waals surface area contributed by atoms with Gasteiger partial charge in [0, 0.05) is 35.7 Å². The topological polar surface area (TPSA) is 49.9 Å². The minimum atomic E-state index is 0.642. The maximum atomic E-state index is 5.49. The molecule has 0 saturated heterocycles. The molecule has 0 saturated carbocycles. The van der Waals surface area contributed by atoms with Crippen LogP contribution in [0.3, 0.4) is 0 Å². The average Bonchev–Trinajstić information content (AvgIpc) is 2.74. The van der Waals surface area contributed by atoms with E-state index in [-0.39, 0.29) is 0 Å². The summed E-state index contributed by atoms with van der Waals surface area (Å²) in [6, 6.07) is 8.24. The average molecular weight is 259 g/mol. The molecule has 4 heteroatoms. The molecule has 1 aromatic heterocycles. The van der Waals surface area contributed by atoms with Gasteiger partial charge in [0.15, 0.2) is 0 Å². The van der Waals surface area contributed by atoms with E-state index < -0.39 is 0 Å². The van der Waals surface area contributed by atoms with Gasteiger partial charge in [-0.25, -0.2) is 0 Å². The fourth-order valence-corrected chi connectivity index (χ4v) is 2.05. The summed E-state index contributed by atoms with van der Waals surface area (Å²) in [6.45, 7) is 8.22. The first-order valence-corrected chi connectivity index (χ1v) is 6.62. The monoisotopic (exact) mass is 259 g/mol. The van der Waals surface area contributed by atoms with Crippen LogP contribution in [0.4, 0.5) is 5.69 Å². The maximum absolute atomic E-state index is 5.49. The lowest BCUT2D eigenvalue weighted by Crippen LogP contribution is -2.05. The van der Waals surface area contributed by atoms with Gasteiger partial charge in [0.1, 0.15) is 0 Å². The minimum Gasteiger partial charge on any atom is -0.381 e. The maximum Gasteiger partial charge on any atom is 0.0736 e. The van der Waals surface area contributed by atoms with Gasteiger partial charge in [0.05, 0.1) is 12.3 Å². The molecule has 2 aromatic rings. The highest BCUT2D eigenvalue weighted by atomic mass is 16.5. The molecule has 0 atom stereocenters. The highest BCUT2D eigenvalue weighted by Crippen LogP contribution is 2.18. The summed E-state index contributed by atoms with van der Waals surface area (Å²) in [4.78, 5) is 0. The molecule has 19 heavy (non-hydrogen) atoms. The lowest BCUT2D eigenvalue weighted by Gasteiger charge is -2.12. The molecule has 0 radical (unpaired) electrons. The molecule has 2 N–H and O–H groups in total. The van der Waals surface area contributed by atoms with Crippen molar-refractivity contribution in [2.24, 2.45) is 0 Å². The van der Waals surface area contributed by atoms with Gasteiger partial charge in [-0.1, -0.05) is 18.2 Å². The Labute approximate surface area is 114 Å². The molecule has 0 aliphatic heterocycles. The molecule has 0 aliphatic rings. The van der Waals surface area contributed by atoms with Gasteiger partial charge in [0.25, 0.3) is 0 Å². The van der Waals surface area contributed by atoms with E-state index in [1.807, 2.05) is 32.9 Å². The van der Waals surface area contributed by atoms with Crippen molar-refractivity contribution >= 4 is 5.69 Å². The largest absolute Gasteiger partial charge is 0.381 e. The Balaban J connectivity index is 2.07. The van der Waals surface area contributed by atoms with Crippen molar-refractivity contribution in [1.82, 2.24) is 10.2 Å². The summed E-state index contributed by atoms with van der Waals surface area (Å²) < 4.78 is 5.49. The third kappa shape index (κ3) is 3.35. The van der Waals surface area contributed by atoms with Crippen LogP contribution in [-0.2, 0) is 17.9 Å². The number of aryl methyl sites for hydroxylation is 2. The second-order valence-corrected chi connectivity index (χ2v) is 4.56. The first-order valence-electron chi connectivity index (χ1n) is 6.62. The number of H-pyrrole nitrogens is 1. The van der Waals surface area contributed by atoms with Crippen molar-refractivity contribution in [2.45, 2.75) is 33.9 Å². The van der Waals surface area contributed by atoms with Gasteiger partial charge in [-0.05, 0) is 26.8 Å². The molecule has 1 heterocycles. The van der Waals surface area contributed by atoms with Gasteiger partial charge in [-0.15, -0.1) is 0 Å². The Hall–Kier alpha value is -1.81. The molecule has 0 aliphatic carbocycles. The van der Waals surface area contributed by atoms with Crippen LogP contribution in [0.5, 0.6) is 0 Å². The standard InChI is InChI=1S/C15H21N3O/c1-4-19-10-13-7-5-6-8-15(13)16-9-14-11(2)17-18-12(14)3/h5-8,16H,4,9-10H2,1-3H3,(H,17,18). The number of aromatic amines is 1. The van der Waals surface area contributed by atoms with Gasteiger partial charge in [-0.3, -0.25) is 5.10 Å². The number of hydrogen-bond acceptors (Lipinski definition) is 3. The number of nitrogens with zero attached hydrogens (tertiary/aromatic N) is 1. The van der Waals surface area contributed by atoms with Crippen molar-refractivity contribution in [3.63, 3.8) is 0 Å². The molecule has 4 nitrogen and oxygen atoms in total. The van der Waals surface area contributed by atoms with Crippen LogP contribution in [-0.4, -0.2) is 16.8 Å². The zero-order valence-electron chi connectivity index (χ0n) is 11.8. The summed E-state index contributed by atoms with van der Waals surface area (Å²) >= 11 is 0. The summed E-state index contributed by atoms with van der Waals surface area (Å²) in [5.74, 6) is 0. The molecule has 0 bridgehead atoms. The van der Waals surface area contributed by atoms with E-state index >= 15 is 0 Å². The van der Waals surface area contributed by atoms with E-state index in [4.69, 9.17) is 4.74 Å². The number of rotatable bonds is 6. The molecule has 1 aromatic carbocycles. The third-order valence-electron chi connectivity index (χ3n) is 3.22. The Morgan fingerprint density at radius 3 is 2.74 bits per heavy atom. The summed E-state index contributed by atoms with van der Waals surface area (Å²) in [7, 11) is 0. The van der Waals surface area contributed by atoms with E-state index in [9.17, 15) is 0 Å². The number of benzene rings is 1. The highest BCUT2D eigenvalue weighted by molar-refractivity contribution is 5.51. The normalized spacial score (nSPS) is 10.7. The number of hydrogen-bond donors (Lipinski definition) is 2. The summed E-state index contributed by atoms with van der Waals surface area (Å²) in [6.07, 6.45) is 0. The first-order chi connectivity index (χ1) is 9.22. The van der Waals surface area contributed by atoms with E-state index in [0.717, 1.165) is 30.2 Å². The number of ether oxygens (including phenoxy) is 1. The Morgan fingerprint density at radius 2 is 2.05 bits per heavy atom. The van der Waals surface area contributed by atoms with Crippen LogP contribution in [0.25, 0.3) is 0 Å². The second-order valence-electron chi connectivity index (χ2n) is 4.56. The van der Waals surface area contributed by atoms with Crippen LogP contribution >= 0.6 is 0 Å². The molecular weight excluding hydrogens is 238 g/mol. The lowest BCUT2D eigenvalue weighted by atomic mass is 10.1. The predicted octanol–water partition coefficient (Wildman–Crippen LogP) is 3.18. The van der Waals surface area contributed by atoms with Gasteiger partial charge in [0.2, 0.25) is 0 Å². The van der Waals surface area contributed by atoms with E-state index in [1.165, 1.54) is 11.1 Å². The van der Waals surface area contributed by atoms with Gasteiger partial charge < -0.3 is 10.1 Å². The smallest absolute Gasteiger partial charge is 0.0736 e. The number of nitrogens with one attached hydrogen (secondary N) is 2. The van der Waals surface area contributed by atoms with Crippen LogP contribution in [0.15, 0.2) is 24.3 Å².